The molecule has 0 saturated carbocycles. The van der Waals surface area contributed by atoms with Gasteiger partial charge in [0.25, 0.3) is 0 Å². The average molecular weight is 466 g/mol. The second-order valence-corrected chi connectivity index (χ2v) is 7.58. The number of hydrogen-bond acceptors (Lipinski definition) is 11. The SMILES string of the molecule is COc1ccc(CCC(=O)c2c(O)cc(O[C@H]3O[C@@H](CO)[C@H](O)[C@@H](O)[C@@H]3O)cc2O)cc1O. The summed E-state index contributed by atoms with van der Waals surface area (Å²) in [7, 11) is 1.41. The molecule has 2 aromatic carbocycles. The minimum Gasteiger partial charge on any atom is -0.507 e. The lowest BCUT2D eigenvalue weighted by Gasteiger charge is -2.39. The van der Waals surface area contributed by atoms with Crippen LogP contribution in [0.15, 0.2) is 30.3 Å². The fraction of sp³-hybridized carbons (Fsp3) is 0.409. The van der Waals surface area contributed by atoms with E-state index < -0.39 is 54.6 Å². The van der Waals surface area contributed by atoms with E-state index in [4.69, 9.17) is 14.2 Å². The lowest BCUT2D eigenvalue weighted by Crippen LogP contribution is -2.60. The molecule has 0 amide bonds. The summed E-state index contributed by atoms with van der Waals surface area (Å²) >= 11 is 0. The quantitative estimate of drug-likeness (QED) is 0.256. The van der Waals surface area contributed by atoms with Crippen molar-refractivity contribution in [3.05, 3.63) is 41.5 Å². The highest BCUT2D eigenvalue weighted by Crippen LogP contribution is 2.35. The topological polar surface area (TPSA) is 186 Å². The number of aliphatic hydroxyl groups excluding tert-OH is 4. The van der Waals surface area contributed by atoms with Crippen molar-refractivity contribution in [1.29, 1.82) is 0 Å². The van der Waals surface area contributed by atoms with Crippen molar-refractivity contribution in [2.45, 2.75) is 43.5 Å². The van der Waals surface area contributed by atoms with Crippen molar-refractivity contribution in [2.24, 2.45) is 0 Å². The summed E-state index contributed by atoms with van der Waals surface area (Å²) in [6, 6.07) is 6.71. The van der Waals surface area contributed by atoms with E-state index >= 15 is 0 Å². The van der Waals surface area contributed by atoms with Crippen LogP contribution >= 0.6 is 0 Å². The maximum Gasteiger partial charge on any atom is 0.229 e. The predicted molar refractivity (Wildman–Crippen MR) is 111 cm³/mol. The van der Waals surface area contributed by atoms with Crippen LogP contribution in [0.2, 0.25) is 0 Å². The molecular weight excluding hydrogens is 440 g/mol. The predicted octanol–water partition coefficient (Wildman–Crippen LogP) is -0.194. The van der Waals surface area contributed by atoms with Crippen molar-refractivity contribution in [3.63, 3.8) is 0 Å². The highest BCUT2D eigenvalue weighted by molar-refractivity contribution is 6.01. The van der Waals surface area contributed by atoms with Gasteiger partial charge in [-0.25, -0.2) is 0 Å². The minimum atomic E-state index is -1.69. The number of Topliss-reactive ketones (excluding diaryl/α,β-unsaturated/α-hetero) is 1. The van der Waals surface area contributed by atoms with E-state index in [2.05, 4.69) is 0 Å². The van der Waals surface area contributed by atoms with Gasteiger partial charge in [-0.2, -0.15) is 0 Å². The molecule has 3 rings (SSSR count). The van der Waals surface area contributed by atoms with E-state index in [1.165, 1.54) is 13.2 Å². The fourth-order valence-corrected chi connectivity index (χ4v) is 3.51. The molecule has 1 aliphatic rings. The Morgan fingerprint density at radius 1 is 0.970 bits per heavy atom. The summed E-state index contributed by atoms with van der Waals surface area (Å²) < 4.78 is 15.5. The summed E-state index contributed by atoms with van der Waals surface area (Å²) in [6.45, 7) is -0.652. The number of phenols is 3. The van der Waals surface area contributed by atoms with Gasteiger partial charge in [0.05, 0.1) is 13.7 Å². The molecule has 1 saturated heterocycles. The summed E-state index contributed by atoms with van der Waals surface area (Å²) in [5.41, 5.74) is 0.303. The van der Waals surface area contributed by atoms with Crippen LogP contribution in [0.5, 0.6) is 28.7 Å². The molecule has 0 radical (unpaired) electrons. The highest BCUT2D eigenvalue weighted by Gasteiger charge is 2.44. The van der Waals surface area contributed by atoms with Crippen molar-refractivity contribution in [2.75, 3.05) is 13.7 Å². The normalized spacial score (nSPS) is 24.9. The molecule has 1 aliphatic heterocycles. The molecule has 2 aromatic rings. The molecule has 11 heteroatoms. The monoisotopic (exact) mass is 466 g/mol. The number of methoxy groups -OCH3 is 1. The van der Waals surface area contributed by atoms with Gasteiger partial charge in [-0.15, -0.1) is 0 Å². The van der Waals surface area contributed by atoms with E-state index in [-0.39, 0.29) is 35.7 Å². The number of benzene rings is 2. The zero-order chi connectivity index (χ0) is 24.3. The second-order valence-electron chi connectivity index (χ2n) is 7.58. The third-order valence-electron chi connectivity index (χ3n) is 5.33. The van der Waals surface area contributed by atoms with E-state index in [1.807, 2.05) is 0 Å². The van der Waals surface area contributed by atoms with E-state index in [0.717, 1.165) is 12.1 Å². The maximum absolute atomic E-state index is 12.6. The number of aryl methyl sites for hydroxylation is 1. The van der Waals surface area contributed by atoms with Gasteiger partial charge < -0.3 is 50.0 Å². The summed E-state index contributed by atoms with van der Waals surface area (Å²) in [4.78, 5) is 12.6. The van der Waals surface area contributed by atoms with Crippen LogP contribution < -0.4 is 9.47 Å². The van der Waals surface area contributed by atoms with Crippen molar-refractivity contribution >= 4 is 5.78 Å². The van der Waals surface area contributed by atoms with Crippen LogP contribution in [0.1, 0.15) is 22.3 Å². The van der Waals surface area contributed by atoms with Gasteiger partial charge in [-0.1, -0.05) is 6.07 Å². The maximum atomic E-state index is 12.6. The number of ether oxygens (including phenoxy) is 3. The molecule has 5 atom stereocenters. The molecule has 1 fully saturated rings. The van der Waals surface area contributed by atoms with Gasteiger partial charge >= 0.3 is 0 Å². The molecule has 0 aromatic heterocycles. The molecule has 11 nitrogen and oxygen atoms in total. The molecule has 0 bridgehead atoms. The number of aliphatic hydroxyl groups is 4. The van der Waals surface area contributed by atoms with Gasteiger partial charge in [0, 0.05) is 18.6 Å². The highest BCUT2D eigenvalue weighted by atomic mass is 16.7. The molecule has 0 aliphatic carbocycles. The number of carbonyl (C=O) groups is 1. The zero-order valence-electron chi connectivity index (χ0n) is 17.7. The number of aromatic hydroxyl groups is 3. The third-order valence-corrected chi connectivity index (χ3v) is 5.33. The first-order valence-electron chi connectivity index (χ1n) is 10.1. The minimum absolute atomic E-state index is 0.0807. The Labute approximate surface area is 188 Å². The van der Waals surface area contributed by atoms with E-state index in [9.17, 15) is 40.5 Å². The van der Waals surface area contributed by atoms with Crippen molar-refractivity contribution in [1.82, 2.24) is 0 Å². The standard InChI is InChI=1S/C22H26O11/c1-31-16-5-3-10(6-13(16)25)2-4-12(24)18-14(26)7-11(8-15(18)27)32-22-21(30)20(29)19(28)17(9-23)33-22/h3,5-8,17,19-23,25-30H,2,4,9H2,1H3/t17-,19-,20+,21-,22-/m0/s1. The average Bonchev–Trinajstić information content (AvgIpc) is 2.77. The third kappa shape index (κ3) is 5.29. The van der Waals surface area contributed by atoms with Crippen LogP contribution in [0.4, 0.5) is 0 Å². The summed E-state index contributed by atoms with van der Waals surface area (Å²) in [5, 5.41) is 69.3. The number of carbonyl (C=O) groups excluding carboxylic acids is 1. The molecule has 0 unspecified atom stereocenters. The van der Waals surface area contributed by atoms with Gasteiger partial charge in [0.15, 0.2) is 17.3 Å². The van der Waals surface area contributed by atoms with Crippen molar-refractivity contribution in [3.8, 4) is 28.7 Å². The number of rotatable bonds is 8. The molecule has 33 heavy (non-hydrogen) atoms. The lowest BCUT2D eigenvalue weighted by molar-refractivity contribution is -0.277. The van der Waals surface area contributed by atoms with Gasteiger partial charge in [-0.3, -0.25) is 4.79 Å². The molecule has 180 valence electrons. The van der Waals surface area contributed by atoms with Crippen LogP contribution in [-0.2, 0) is 11.2 Å². The zero-order valence-corrected chi connectivity index (χ0v) is 17.7. The summed E-state index contributed by atoms with van der Waals surface area (Å²) in [6.07, 6.45) is -7.51. The fourth-order valence-electron chi connectivity index (χ4n) is 3.51. The van der Waals surface area contributed by atoms with Crippen LogP contribution in [0.3, 0.4) is 0 Å². The lowest BCUT2D eigenvalue weighted by atomic mass is 9.99. The molecule has 0 spiro atoms. The Hall–Kier alpha value is -3.09. The number of phenolic OH excluding ortho intramolecular Hbond substituents is 3. The molecular formula is C22H26O11. The number of ketones is 1. The van der Waals surface area contributed by atoms with E-state index in [0.29, 0.717) is 5.56 Å². The first-order valence-corrected chi connectivity index (χ1v) is 10.1. The van der Waals surface area contributed by atoms with Crippen LogP contribution in [0, 0.1) is 0 Å². The first-order chi connectivity index (χ1) is 15.7. The van der Waals surface area contributed by atoms with E-state index in [1.54, 1.807) is 12.1 Å². The molecule has 1 heterocycles. The Morgan fingerprint density at radius 2 is 1.64 bits per heavy atom. The second kappa shape index (κ2) is 10.2. The Kier molecular flexibility index (Phi) is 7.61. The first kappa shape index (κ1) is 24.6. The van der Waals surface area contributed by atoms with Crippen LogP contribution in [-0.4, -0.2) is 86.0 Å². The van der Waals surface area contributed by atoms with Crippen molar-refractivity contribution < 1.29 is 54.8 Å². The molecule has 7 N–H and O–H groups in total. The summed E-state index contributed by atoms with van der Waals surface area (Å²) in [5.74, 6) is -1.72. The Balaban J connectivity index is 1.70. The Bertz CT molecular complexity index is 967. The Morgan fingerprint density at radius 3 is 2.21 bits per heavy atom. The smallest absolute Gasteiger partial charge is 0.229 e. The van der Waals surface area contributed by atoms with Gasteiger partial charge in [-0.05, 0) is 24.1 Å². The van der Waals surface area contributed by atoms with Gasteiger partial charge in [0.2, 0.25) is 6.29 Å². The van der Waals surface area contributed by atoms with Crippen LogP contribution in [0.25, 0.3) is 0 Å². The van der Waals surface area contributed by atoms with Gasteiger partial charge in [0.1, 0.15) is 47.2 Å². The largest absolute Gasteiger partial charge is 0.507 e. The number of hydrogen-bond donors (Lipinski definition) is 7.